The lowest BCUT2D eigenvalue weighted by molar-refractivity contribution is 0.0698. The van der Waals surface area contributed by atoms with E-state index in [0.717, 1.165) is 28.6 Å². The number of H-pyrrole nitrogens is 1. The predicted molar refractivity (Wildman–Crippen MR) is 59.2 cm³/mol. The Balaban J connectivity index is 2.36. The monoisotopic (exact) mass is 217 g/mol. The number of carboxylic acid groups (broad SMARTS) is 1. The zero-order valence-corrected chi connectivity index (χ0v) is 8.83. The molecule has 1 aliphatic heterocycles. The molecule has 4 heteroatoms. The van der Waals surface area contributed by atoms with Crippen LogP contribution in [0.1, 0.15) is 21.6 Å². The summed E-state index contributed by atoms with van der Waals surface area (Å²) < 4.78 is 5.44. The van der Waals surface area contributed by atoms with Gasteiger partial charge in [-0.25, -0.2) is 4.79 Å². The number of aromatic amines is 1. The summed E-state index contributed by atoms with van der Waals surface area (Å²) in [5, 5.41) is 9.87. The van der Waals surface area contributed by atoms with E-state index in [4.69, 9.17) is 9.84 Å². The Morgan fingerprint density at radius 1 is 1.50 bits per heavy atom. The molecular weight excluding hydrogens is 206 g/mol. The maximum atomic E-state index is 11.1. The number of aromatic carboxylic acids is 1. The van der Waals surface area contributed by atoms with E-state index in [1.807, 2.05) is 12.1 Å². The Bertz CT molecular complexity index is 598. The van der Waals surface area contributed by atoms with E-state index >= 15 is 0 Å². The summed E-state index contributed by atoms with van der Waals surface area (Å²) in [5.41, 5.74) is 3.05. The third-order valence-corrected chi connectivity index (χ3v) is 3.01. The summed E-state index contributed by atoms with van der Waals surface area (Å²) in [7, 11) is 0. The second kappa shape index (κ2) is 3.01. The molecule has 3 rings (SSSR count). The highest BCUT2D eigenvalue weighted by molar-refractivity contribution is 6.05. The maximum Gasteiger partial charge on any atom is 0.338 e. The highest BCUT2D eigenvalue weighted by atomic mass is 16.5. The fraction of sp³-hybridized carbons (Fsp3) is 0.250. The van der Waals surface area contributed by atoms with Crippen molar-refractivity contribution in [2.75, 3.05) is 6.61 Å². The number of benzene rings is 1. The lowest BCUT2D eigenvalue weighted by Crippen LogP contribution is -1.97. The van der Waals surface area contributed by atoms with Gasteiger partial charge in [-0.1, -0.05) is 0 Å². The van der Waals surface area contributed by atoms with Gasteiger partial charge < -0.3 is 14.8 Å². The lowest BCUT2D eigenvalue weighted by Gasteiger charge is -1.99. The molecule has 0 unspecified atom stereocenters. The Morgan fingerprint density at radius 2 is 2.31 bits per heavy atom. The largest absolute Gasteiger partial charge is 0.493 e. The molecule has 0 radical (unpaired) electrons. The highest BCUT2D eigenvalue weighted by Crippen LogP contribution is 2.32. The van der Waals surface area contributed by atoms with Gasteiger partial charge in [0.15, 0.2) is 0 Å². The van der Waals surface area contributed by atoms with E-state index in [1.165, 1.54) is 0 Å². The molecular formula is C12H11NO3. The van der Waals surface area contributed by atoms with Crippen molar-refractivity contribution in [1.29, 1.82) is 0 Å². The number of hydrogen-bond acceptors (Lipinski definition) is 2. The van der Waals surface area contributed by atoms with Crippen LogP contribution >= 0.6 is 0 Å². The summed E-state index contributed by atoms with van der Waals surface area (Å²) in [4.78, 5) is 14.2. The number of hydrogen-bond donors (Lipinski definition) is 2. The number of aryl methyl sites for hydroxylation is 1. The van der Waals surface area contributed by atoms with Crippen LogP contribution in [0.15, 0.2) is 12.1 Å². The van der Waals surface area contributed by atoms with Crippen LogP contribution in [0.2, 0.25) is 0 Å². The van der Waals surface area contributed by atoms with Crippen molar-refractivity contribution in [3.05, 3.63) is 29.0 Å². The summed E-state index contributed by atoms with van der Waals surface area (Å²) >= 11 is 0. The number of ether oxygens (including phenoxy) is 1. The summed E-state index contributed by atoms with van der Waals surface area (Å²) in [6.07, 6.45) is 0.895. The van der Waals surface area contributed by atoms with E-state index in [0.29, 0.717) is 17.9 Å². The predicted octanol–water partition coefficient (Wildman–Crippen LogP) is 2.11. The second-order valence-electron chi connectivity index (χ2n) is 4.03. The first-order valence-electron chi connectivity index (χ1n) is 5.18. The van der Waals surface area contributed by atoms with Crippen LogP contribution in [-0.2, 0) is 6.42 Å². The summed E-state index contributed by atoms with van der Waals surface area (Å²) in [6, 6.07) is 3.81. The molecule has 1 aromatic heterocycles. The standard InChI is InChI=1S/C12H11NO3/c1-6-11(12(14)15)8-5-10-7(2-3-16-10)4-9(8)13-6/h4-5,13H,2-3H2,1H3,(H,14,15). The third-order valence-electron chi connectivity index (χ3n) is 3.01. The number of rotatable bonds is 1. The van der Waals surface area contributed by atoms with Crippen LogP contribution in [0, 0.1) is 6.92 Å². The van der Waals surface area contributed by atoms with Gasteiger partial charge in [0.2, 0.25) is 0 Å². The van der Waals surface area contributed by atoms with Gasteiger partial charge in [-0.05, 0) is 24.6 Å². The van der Waals surface area contributed by atoms with Crippen LogP contribution in [0.5, 0.6) is 5.75 Å². The fourth-order valence-electron chi connectivity index (χ4n) is 2.28. The van der Waals surface area contributed by atoms with Gasteiger partial charge in [0, 0.05) is 23.0 Å². The Morgan fingerprint density at radius 3 is 3.06 bits per heavy atom. The molecule has 0 amide bonds. The molecule has 0 atom stereocenters. The van der Waals surface area contributed by atoms with E-state index in [2.05, 4.69) is 4.98 Å². The average Bonchev–Trinajstić information content (AvgIpc) is 2.75. The van der Waals surface area contributed by atoms with Gasteiger partial charge >= 0.3 is 5.97 Å². The smallest absolute Gasteiger partial charge is 0.338 e. The Hall–Kier alpha value is -1.97. The zero-order chi connectivity index (χ0) is 11.3. The molecule has 0 spiro atoms. The minimum Gasteiger partial charge on any atom is -0.493 e. The maximum absolute atomic E-state index is 11.1. The van der Waals surface area contributed by atoms with E-state index in [-0.39, 0.29) is 0 Å². The van der Waals surface area contributed by atoms with Crippen molar-refractivity contribution >= 4 is 16.9 Å². The number of aromatic nitrogens is 1. The van der Waals surface area contributed by atoms with Crippen molar-refractivity contribution in [2.24, 2.45) is 0 Å². The van der Waals surface area contributed by atoms with Crippen LogP contribution in [0.25, 0.3) is 10.9 Å². The molecule has 0 bridgehead atoms. The minimum absolute atomic E-state index is 0.341. The number of fused-ring (bicyclic) bond motifs is 2. The quantitative estimate of drug-likeness (QED) is 0.769. The Kier molecular flexibility index (Phi) is 1.74. The van der Waals surface area contributed by atoms with Crippen LogP contribution < -0.4 is 4.74 Å². The molecule has 16 heavy (non-hydrogen) atoms. The topological polar surface area (TPSA) is 62.3 Å². The van der Waals surface area contributed by atoms with E-state index in [9.17, 15) is 4.79 Å². The van der Waals surface area contributed by atoms with E-state index < -0.39 is 5.97 Å². The molecule has 0 saturated carbocycles. The van der Waals surface area contributed by atoms with Crippen molar-refractivity contribution < 1.29 is 14.6 Å². The van der Waals surface area contributed by atoms with Crippen molar-refractivity contribution in [2.45, 2.75) is 13.3 Å². The third kappa shape index (κ3) is 1.13. The van der Waals surface area contributed by atoms with Gasteiger partial charge in [0.1, 0.15) is 5.75 Å². The number of carboxylic acids is 1. The minimum atomic E-state index is -0.901. The van der Waals surface area contributed by atoms with Crippen LogP contribution in [0.3, 0.4) is 0 Å². The molecule has 1 aromatic carbocycles. The molecule has 1 aliphatic rings. The fourth-order valence-corrected chi connectivity index (χ4v) is 2.28. The highest BCUT2D eigenvalue weighted by Gasteiger charge is 2.19. The molecule has 2 heterocycles. The van der Waals surface area contributed by atoms with Crippen LogP contribution in [0.4, 0.5) is 0 Å². The first-order valence-corrected chi connectivity index (χ1v) is 5.18. The average molecular weight is 217 g/mol. The number of carbonyl (C=O) groups is 1. The van der Waals surface area contributed by atoms with Gasteiger partial charge in [0.05, 0.1) is 12.2 Å². The summed E-state index contributed by atoms with van der Waals surface area (Å²) in [5.74, 6) is -0.0873. The normalized spacial score (nSPS) is 13.8. The molecule has 4 nitrogen and oxygen atoms in total. The van der Waals surface area contributed by atoms with Crippen LogP contribution in [-0.4, -0.2) is 22.7 Å². The molecule has 0 saturated heterocycles. The summed E-state index contributed by atoms with van der Waals surface area (Å²) in [6.45, 7) is 2.46. The van der Waals surface area contributed by atoms with Gasteiger partial charge in [-0.3, -0.25) is 0 Å². The SMILES string of the molecule is Cc1[nH]c2cc3c(cc2c1C(=O)O)OCC3. The van der Waals surface area contributed by atoms with Gasteiger partial charge in [-0.2, -0.15) is 0 Å². The first-order chi connectivity index (χ1) is 7.66. The van der Waals surface area contributed by atoms with E-state index in [1.54, 1.807) is 6.92 Å². The Labute approximate surface area is 91.8 Å². The van der Waals surface area contributed by atoms with Gasteiger partial charge in [-0.15, -0.1) is 0 Å². The molecule has 2 N–H and O–H groups in total. The van der Waals surface area contributed by atoms with Crippen molar-refractivity contribution in [3.63, 3.8) is 0 Å². The van der Waals surface area contributed by atoms with Crippen molar-refractivity contribution in [3.8, 4) is 5.75 Å². The van der Waals surface area contributed by atoms with Gasteiger partial charge in [0.25, 0.3) is 0 Å². The molecule has 82 valence electrons. The molecule has 2 aromatic rings. The first kappa shape index (κ1) is 9.27. The molecule has 0 aliphatic carbocycles. The number of nitrogens with one attached hydrogen (secondary N) is 1. The van der Waals surface area contributed by atoms with Crippen molar-refractivity contribution in [1.82, 2.24) is 4.98 Å². The second-order valence-corrected chi connectivity index (χ2v) is 4.03. The lowest BCUT2D eigenvalue weighted by atomic mass is 10.1. The zero-order valence-electron chi connectivity index (χ0n) is 8.83. The molecule has 0 fully saturated rings.